The Morgan fingerprint density at radius 3 is 2.44 bits per heavy atom. The highest BCUT2D eigenvalue weighted by Gasteiger charge is 2.20. The number of anilines is 1. The number of rotatable bonds is 5. The van der Waals surface area contributed by atoms with Crippen molar-refractivity contribution in [2.45, 2.75) is 19.4 Å². The fourth-order valence-corrected chi connectivity index (χ4v) is 2.59. The average Bonchev–Trinajstić information content (AvgIpc) is 2.58. The molecule has 0 bridgehead atoms. The average molecular weight is 377 g/mol. The summed E-state index contributed by atoms with van der Waals surface area (Å²) in [5, 5.41) is 12.3. The summed E-state index contributed by atoms with van der Waals surface area (Å²) in [5.74, 6) is -1.17. The van der Waals surface area contributed by atoms with Crippen LogP contribution in [-0.4, -0.2) is 18.0 Å². The number of para-hydroxylation sites is 1. The summed E-state index contributed by atoms with van der Waals surface area (Å²) >= 11 is 12.0. The number of carbonyl (C=O) groups excluding carboxylic acids is 2. The van der Waals surface area contributed by atoms with E-state index in [-0.39, 0.29) is 6.42 Å². The minimum absolute atomic E-state index is 0.148. The Balaban J connectivity index is 1.99. The van der Waals surface area contributed by atoms with Crippen LogP contribution >= 0.6 is 23.2 Å². The molecule has 0 unspecified atom stereocenters. The Hall–Kier alpha value is -2.55. The van der Waals surface area contributed by atoms with Gasteiger partial charge in [0.15, 0.2) is 6.10 Å². The Morgan fingerprint density at radius 1 is 1.16 bits per heavy atom. The fourth-order valence-electron chi connectivity index (χ4n) is 2.06. The highest BCUT2D eigenvalue weighted by Crippen LogP contribution is 2.25. The lowest BCUT2D eigenvalue weighted by molar-refractivity contribution is -0.152. The third-order valence-corrected chi connectivity index (χ3v) is 4.07. The Labute approximate surface area is 155 Å². The number of esters is 1. The monoisotopic (exact) mass is 376 g/mol. The van der Waals surface area contributed by atoms with Crippen LogP contribution in [0, 0.1) is 11.3 Å². The molecule has 128 valence electrons. The van der Waals surface area contributed by atoms with Crippen molar-refractivity contribution >= 4 is 40.8 Å². The summed E-state index contributed by atoms with van der Waals surface area (Å²) in [4.78, 5) is 24.2. The maximum absolute atomic E-state index is 12.2. The molecule has 0 heterocycles. The van der Waals surface area contributed by atoms with E-state index in [1.165, 1.54) is 6.92 Å². The van der Waals surface area contributed by atoms with Crippen LogP contribution in [0.15, 0.2) is 42.5 Å². The molecule has 1 atom stereocenters. The summed E-state index contributed by atoms with van der Waals surface area (Å²) < 4.78 is 5.12. The molecule has 0 saturated carbocycles. The van der Waals surface area contributed by atoms with Crippen LogP contribution in [0.1, 0.15) is 18.1 Å². The first-order chi connectivity index (χ1) is 11.9. The first-order valence-electron chi connectivity index (χ1n) is 7.34. The lowest BCUT2D eigenvalue weighted by Crippen LogP contribution is -2.30. The van der Waals surface area contributed by atoms with Gasteiger partial charge in [0.2, 0.25) is 0 Å². The van der Waals surface area contributed by atoms with E-state index in [0.717, 1.165) is 0 Å². The zero-order valence-corrected chi connectivity index (χ0v) is 14.8. The number of hydrogen-bond donors (Lipinski definition) is 1. The Kier molecular flexibility index (Phi) is 6.40. The van der Waals surface area contributed by atoms with Crippen molar-refractivity contribution in [3.05, 3.63) is 63.6 Å². The molecule has 2 aromatic rings. The van der Waals surface area contributed by atoms with Crippen molar-refractivity contribution < 1.29 is 14.3 Å². The molecule has 0 aliphatic heterocycles. The zero-order chi connectivity index (χ0) is 18.4. The Bertz CT molecular complexity index is 826. The standard InChI is InChI=1S/C18H14Cl2N2O3/c1-11(18(24)22-16-8-3-2-5-12(16)10-21)25-17(23)9-13-14(19)6-4-7-15(13)20/h2-8,11H,9H2,1H3,(H,22,24)/t11-/m0/s1. The lowest BCUT2D eigenvalue weighted by atomic mass is 10.1. The number of ether oxygens (including phenoxy) is 1. The SMILES string of the molecule is C[C@H](OC(=O)Cc1c(Cl)cccc1Cl)C(=O)Nc1ccccc1C#N. The van der Waals surface area contributed by atoms with Gasteiger partial charge in [-0.05, 0) is 31.2 Å². The van der Waals surface area contributed by atoms with Gasteiger partial charge in [0.1, 0.15) is 6.07 Å². The molecule has 2 aromatic carbocycles. The van der Waals surface area contributed by atoms with E-state index >= 15 is 0 Å². The summed E-state index contributed by atoms with van der Waals surface area (Å²) in [5.41, 5.74) is 1.11. The van der Waals surface area contributed by atoms with E-state index in [1.54, 1.807) is 42.5 Å². The quantitative estimate of drug-likeness (QED) is 0.800. The topological polar surface area (TPSA) is 79.2 Å². The van der Waals surface area contributed by atoms with Crippen molar-refractivity contribution in [2.24, 2.45) is 0 Å². The Morgan fingerprint density at radius 2 is 1.80 bits per heavy atom. The highest BCUT2D eigenvalue weighted by molar-refractivity contribution is 6.36. The predicted octanol–water partition coefficient (Wildman–Crippen LogP) is 3.98. The third kappa shape index (κ3) is 4.96. The molecule has 0 radical (unpaired) electrons. The van der Waals surface area contributed by atoms with Gasteiger partial charge < -0.3 is 10.1 Å². The number of nitrogens with zero attached hydrogens (tertiary/aromatic N) is 1. The molecular weight excluding hydrogens is 363 g/mol. The molecule has 25 heavy (non-hydrogen) atoms. The second kappa shape index (κ2) is 8.52. The number of amides is 1. The van der Waals surface area contributed by atoms with Crippen molar-refractivity contribution in [3.8, 4) is 6.07 Å². The summed E-state index contributed by atoms with van der Waals surface area (Å²) in [6.45, 7) is 1.44. The van der Waals surface area contributed by atoms with Crippen molar-refractivity contribution in [3.63, 3.8) is 0 Å². The maximum atomic E-state index is 12.2. The molecular formula is C18H14Cl2N2O3. The molecule has 0 fully saturated rings. The van der Waals surface area contributed by atoms with Crippen LogP contribution in [0.3, 0.4) is 0 Å². The van der Waals surface area contributed by atoms with Crippen LogP contribution in [0.5, 0.6) is 0 Å². The number of benzene rings is 2. The van der Waals surface area contributed by atoms with Crippen molar-refractivity contribution in [1.82, 2.24) is 0 Å². The van der Waals surface area contributed by atoms with Crippen LogP contribution < -0.4 is 5.32 Å². The number of hydrogen-bond acceptors (Lipinski definition) is 4. The van der Waals surface area contributed by atoms with E-state index in [2.05, 4.69) is 5.32 Å². The van der Waals surface area contributed by atoms with E-state index in [0.29, 0.717) is 26.9 Å². The maximum Gasteiger partial charge on any atom is 0.311 e. The normalized spacial score (nSPS) is 11.3. The lowest BCUT2D eigenvalue weighted by Gasteiger charge is -2.14. The largest absolute Gasteiger partial charge is 0.452 e. The van der Waals surface area contributed by atoms with Crippen LogP contribution in [0.25, 0.3) is 0 Å². The molecule has 1 amide bonds. The first kappa shape index (κ1) is 18.8. The fraction of sp³-hybridized carbons (Fsp3) is 0.167. The van der Waals surface area contributed by atoms with E-state index < -0.39 is 18.0 Å². The molecule has 0 aliphatic rings. The van der Waals surface area contributed by atoms with Gasteiger partial charge in [-0.2, -0.15) is 5.26 Å². The van der Waals surface area contributed by atoms with Gasteiger partial charge in [-0.25, -0.2) is 0 Å². The smallest absolute Gasteiger partial charge is 0.311 e. The second-order valence-corrected chi connectivity index (χ2v) is 5.97. The van der Waals surface area contributed by atoms with E-state index in [1.807, 2.05) is 6.07 Å². The number of nitrogens with one attached hydrogen (secondary N) is 1. The number of nitriles is 1. The van der Waals surface area contributed by atoms with Gasteiger partial charge in [0, 0.05) is 15.6 Å². The molecule has 0 spiro atoms. The first-order valence-corrected chi connectivity index (χ1v) is 8.10. The van der Waals surface area contributed by atoms with E-state index in [4.69, 9.17) is 33.2 Å². The molecule has 0 aliphatic carbocycles. The molecule has 0 aromatic heterocycles. The van der Waals surface area contributed by atoms with Gasteiger partial charge in [0.05, 0.1) is 17.7 Å². The van der Waals surface area contributed by atoms with Crippen LogP contribution in [0.4, 0.5) is 5.69 Å². The molecule has 2 rings (SSSR count). The number of carbonyl (C=O) groups is 2. The van der Waals surface area contributed by atoms with Gasteiger partial charge in [-0.1, -0.05) is 41.4 Å². The molecule has 0 saturated heterocycles. The molecule has 7 heteroatoms. The molecule has 1 N–H and O–H groups in total. The predicted molar refractivity (Wildman–Crippen MR) is 95.5 cm³/mol. The van der Waals surface area contributed by atoms with Gasteiger partial charge in [-0.3, -0.25) is 9.59 Å². The van der Waals surface area contributed by atoms with Crippen molar-refractivity contribution in [1.29, 1.82) is 5.26 Å². The van der Waals surface area contributed by atoms with Gasteiger partial charge in [0.25, 0.3) is 5.91 Å². The summed E-state index contributed by atoms with van der Waals surface area (Å²) in [6, 6.07) is 13.4. The minimum atomic E-state index is -1.04. The van der Waals surface area contributed by atoms with Crippen LogP contribution in [0.2, 0.25) is 10.0 Å². The number of halogens is 2. The van der Waals surface area contributed by atoms with Crippen LogP contribution in [-0.2, 0) is 20.7 Å². The second-order valence-electron chi connectivity index (χ2n) is 5.16. The summed E-state index contributed by atoms with van der Waals surface area (Å²) in [7, 11) is 0. The summed E-state index contributed by atoms with van der Waals surface area (Å²) in [6.07, 6.45) is -1.19. The minimum Gasteiger partial charge on any atom is -0.452 e. The molecule has 5 nitrogen and oxygen atoms in total. The van der Waals surface area contributed by atoms with Gasteiger partial charge in [-0.15, -0.1) is 0 Å². The zero-order valence-electron chi connectivity index (χ0n) is 13.3. The van der Waals surface area contributed by atoms with Gasteiger partial charge >= 0.3 is 5.97 Å². The van der Waals surface area contributed by atoms with E-state index in [9.17, 15) is 9.59 Å². The third-order valence-electron chi connectivity index (χ3n) is 3.37. The highest BCUT2D eigenvalue weighted by atomic mass is 35.5. The van der Waals surface area contributed by atoms with Crippen molar-refractivity contribution in [2.75, 3.05) is 5.32 Å².